The highest BCUT2D eigenvalue weighted by Crippen LogP contribution is 2.35. The van der Waals surface area contributed by atoms with Gasteiger partial charge in [-0.2, -0.15) is 0 Å². The molecule has 0 bridgehead atoms. The SMILES string of the molecule is CCCC1N=C2C(=CN(C(C)c3ccccc3)CN2C(C)OC)N1Cc1ccc(-c2ccccc2-c2nnn[nH]2)cc1. The molecule has 4 aromatic rings. The van der Waals surface area contributed by atoms with Crippen molar-refractivity contribution in [3.8, 4) is 22.5 Å². The van der Waals surface area contributed by atoms with E-state index in [2.05, 4.69) is 123 Å². The van der Waals surface area contributed by atoms with E-state index in [1.807, 2.05) is 18.2 Å². The number of benzene rings is 3. The maximum absolute atomic E-state index is 5.83. The lowest BCUT2D eigenvalue weighted by Gasteiger charge is -2.42. The van der Waals surface area contributed by atoms with E-state index in [0.717, 1.165) is 54.3 Å². The summed E-state index contributed by atoms with van der Waals surface area (Å²) in [5.41, 5.74) is 6.85. The Hall–Kier alpha value is -4.50. The molecule has 0 aliphatic carbocycles. The molecule has 6 rings (SSSR count). The topological polar surface area (TPSA) is 85.8 Å². The van der Waals surface area contributed by atoms with Crippen molar-refractivity contribution in [2.75, 3.05) is 13.8 Å². The van der Waals surface area contributed by atoms with E-state index in [9.17, 15) is 0 Å². The van der Waals surface area contributed by atoms with Crippen LogP contribution in [0, 0.1) is 0 Å². The van der Waals surface area contributed by atoms with Gasteiger partial charge in [0.25, 0.3) is 0 Å². The number of amidine groups is 1. The van der Waals surface area contributed by atoms with Gasteiger partial charge in [-0.15, -0.1) is 5.10 Å². The number of aromatic amines is 1. The second-order valence-electron chi connectivity index (χ2n) is 10.9. The molecule has 2 aliphatic heterocycles. The summed E-state index contributed by atoms with van der Waals surface area (Å²) >= 11 is 0. The molecule has 0 radical (unpaired) electrons. The first-order valence-corrected chi connectivity index (χ1v) is 14.7. The van der Waals surface area contributed by atoms with Crippen molar-refractivity contribution in [1.82, 2.24) is 35.3 Å². The average Bonchev–Trinajstić information content (AvgIpc) is 3.70. The first kappa shape index (κ1) is 27.7. The van der Waals surface area contributed by atoms with E-state index >= 15 is 0 Å². The molecule has 216 valence electrons. The fraction of sp³-hybridized carbons (Fsp3) is 0.333. The third-order valence-corrected chi connectivity index (χ3v) is 8.30. The molecule has 0 saturated heterocycles. The largest absolute Gasteiger partial charge is 0.362 e. The molecule has 0 fully saturated rings. The quantitative estimate of drug-likeness (QED) is 0.252. The fourth-order valence-electron chi connectivity index (χ4n) is 5.80. The molecule has 42 heavy (non-hydrogen) atoms. The number of H-pyrrole nitrogens is 1. The lowest BCUT2D eigenvalue weighted by Crippen LogP contribution is -2.50. The van der Waals surface area contributed by atoms with Crippen molar-refractivity contribution < 1.29 is 4.74 Å². The summed E-state index contributed by atoms with van der Waals surface area (Å²) < 4.78 is 5.83. The van der Waals surface area contributed by atoms with Crippen molar-refractivity contribution in [2.45, 2.75) is 58.6 Å². The van der Waals surface area contributed by atoms with Gasteiger partial charge in [-0.25, -0.2) is 10.1 Å². The number of nitrogens with zero attached hydrogens (tertiary/aromatic N) is 7. The highest BCUT2D eigenvalue weighted by molar-refractivity contribution is 6.00. The monoisotopic (exact) mass is 562 g/mol. The van der Waals surface area contributed by atoms with Crippen molar-refractivity contribution in [3.63, 3.8) is 0 Å². The van der Waals surface area contributed by atoms with Gasteiger partial charge in [0.15, 0.2) is 11.7 Å². The maximum atomic E-state index is 5.83. The van der Waals surface area contributed by atoms with Crippen LogP contribution in [0.15, 0.2) is 95.8 Å². The van der Waals surface area contributed by atoms with Crippen LogP contribution >= 0.6 is 0 Å². The Balaban J connectivity index is 1.31. The molecule has 3 atom stereocenters. The van der Waals surface area contributed by atoms with E-state index < -0.39 is 0 Å². The highest BCUT2D eigenvalue weighted by Gasteiger charge is 2.39. The third-order valence-electron chi connectivity index (χ3n) is 8.30. The molecule has 0 amide bonds. The molecule has 1 N–H and O–H groups in total. The molecular weight excluding hydrogens is 524 g/mol. The van der Waals surface area contributed by atoms with Crippen LogP contribution in [0.25, 0.3) is 22.5 Å². The molecule has 3 unspecified atom stereocenters. The van der Waals surface area contributed by atoms with Gasteiger partial charge in [0.1, 0.15) is 12.4 Å². The van der Waals surface area contributed by atoms with Gasteiger partial charge in [0, 0.05) is 25.4 Å². The Morgan fingerprint density at radius 1 is 0.952 bits per heavy atom. The van der Waals surface area contributed by atoms with Crippen molar-refractivity contribution in [1.29, 1.82) is 0 Å². The van der Waals surface area contributed by atoms with Crippen molar-refractivity contribution in [3.05, 3.63) is 102 Å². The number of methoxy groups -OCH3 is 1. The summed E-state index contributed by atoms with van der Waals surface area (Å²) in [4.78, 5) is 12.4. The average molecular weight is 563 g/mol. The summed E-state index contributed by atoms with van der Waals surface area (Å²) in [5, 5.41) is 14.5. The fourth-order valence-corrected chi connectivity index (χ4v) is 5.80. The van der Waals surface area contributed by atoms with Crippen molar-refractivity contribution in [2.24, 2.45) is 4.99 Å². The lowest BCUT2D eigenvalue weighted by atomic mass is 9.98. The number of ether oxygens (including phenoxy) is 1. The molecule has 9 nitrogen and oxygen atoms in total. The van der Waals surface area contributed by atoms with E-state index in [1.165, 1.54) is 11.1 Å². The van der Waals surface area contributed by atoms with Gasteiger partial charge in [-0.1, -0.05) is 92.2 Å². The Bertz CT molecular complexity index is 1530. The molecule has 2 aliphatic rings. The van der Waals surface area contributed by atoms with Crippen LogP contribution in [0.1, 0.15) is 50.8 Å². The summed E-state index contributed by atoms with van der Waals surface area (Å²) in [6.45, 7) is 8.07. The zero-order chi connectivity index (χ0) is 29.1. The number of aromatic nitrogens is 4. The summed E-state index contributed by atoms with van der Waals surface area (Å²) in [7, 11) is 1.77. The summed E-state index contributed by atoms with van der Waals surface area (Å²) in [5.74, 6) is 1.68. The van der Waals surface area contributed by atoms with Crippen LogP contribution in [0.3, 0.4) is 0 Å². The first-order valence-electron chi connectivity index (χ1n) is 14.7. The smallest absolute Gasteiger partial charge is 0.180 e. The molecule has 3 aromatic carbocycles. The van der Waals surface area contributed by atoms with Gasteiger partial charge in [-0.3, -0.25) is 0 Å². The minimum Gasteiger partial charge on any atom is -0.362 e. The van der Waals surface area contributed by atoms with Gasteiger partial charge in [0.2, 0.25) is 0 Å². The number of aliphatic imine (C=N–C) groups is 1. The van der Waals surface area contributed by atoms with Gasteiger partial charge >= 0.3 is 0 Å². The molecule has 0 spiro atoms. The third kappa shape index (κ3) is 5.39. The first-order chi connectivity index (χ1) is 20.6. The number of tetrazole rings is 1. The lowest BCUT2D eigenvalue weighted by molar-refractivity contribution is -0.00536. The number of hydrogen-bond donors (Lipinski definition) is 1. The maximum Gasteiger partial charge on any atom is 0.180 e. The zero-order valence-corrected chi connectivity index (χ0v) is 24.7. The van der Waals surface area contributed by atoms with Crippen LogP contribution in [0.4, 0.5) is 0 Å². The standard InChI is InChI=1S/C33H38N8O/c1-5-11-31-34-33-30(21-39(22-41(33)24(3)42-4)23(2)26-12-7-6-8-13-26)40(31)20-25-16-18-27(19-17-25)28-14-9-10-15-29(28)32-35-37-38-36-32/h6-10,12-19,21,23-24,31H,5,11,20,22H2,1-4H3,(H,35,36,37,38). The predicted octanol–water partition coefficient (Wildman–Crippen LogP) is 6.04. The molecule has 9 heteroatoms. The number of fused-ring (bicyclic) bond motifs is 1. The number of hydrogen-bond acceptors (Lipinski definition) is 8. The molecular formula is C33H38N8O. The Kier molecular flexibility index (Phi) is 8.01. The van der Waals surface area contributed by atoms with Crippen LogP contribution in [-0.2, 0) is 11.3 Å². The van der Waals surface area contributed by atoms with Crippen molar-refractivity contribution >= 4 is 5.84 Å². The highest BCUT2D eigenvalue weighted by atomic mass is 16.5. The Morgan fingerprint density at radius 2 is 1.69 bits per heavy atom. The normalized spacial score (nSPS) is 18.0. The number of nitrogens with one attached hydrogen (secondary N) is 1. The van der Waals surface area contributed by atoms with E-state index in [0.29, 0.717) is 5.82 Å². The Labute approximate surface area is 247 Å². The van der Waals surface area contributed by atoms with Gasteiger partial charge < -0.3 is 19.4 Å². The second-order valence-corrected chi connectivity index (χ2v) is 10.9. The predicted molar refractivity (Wildman–Crippen MR) is 165 cm³/mol. The second kappa shape index (κ2) is 12.2. The minimum atomic E-state index is -0.0981. The Morgan fingerprint density at radius 3 is 2.38 bits per heavy atom. The summed E-state index contributed by atoms with van der Waals surface area (Å²) in [6.07, 6.45) is 4.33. The van der Waals surface area contributed by atoms with Crippen LogP contribution in [-0.4, -0.2) is 67.3 Å². The number of rotatable bonds is 10. The molecule has 3 heterocycles. The van der Waals surface area contributed by atoms with Crippen LogP contribution in [0.5, 0.6) is 0 Å². The van der Waals surface area contributed by atoms with Gasteiger partial charge in [0.05, 0.1) is 18.4 Å². The molecule has 0 saturated carbocycles. The van der Waals surface area contributed by atoms with E-state index in [1.54, 1.807) is 7.11 Å². The summed E-state index contributed by atoms with van der Waals surface area (Å²) in [6, 6.07) is 27.9. The van der Waals surface area contributed by atoms with Crippen LogP contribution in [0.2, 0.25) is 0 Å². The van der Waals surface area contributed by atoms with Gasteiger partial charge in [-0.05, 0) is 52.9 Å². The zero-order valence-electron chi connectivity index (χ0n) is 24.7. The van der Waals surface area contributed by atoms with Crippen LogP contribution < -0.4 is 0 Å². The van der Waals surface area contributed by atoms with E-state index in [4.69, 9.17) is 9.73 Å². The minimum absolute atomic E-state index is 0.0779. The van der Waals surface area contributed by atoms with E-state index in [-0.39, 0.29) is 18.4 Å². The molecule has 1 aromatic heterocycles.